The number of carboxylic acid groups (broad SMARTS) is 1. The summed E-state index contributed by atoms with van der Waals surface area (Å²) < 4.78 is 0. The van der Waals surface area contributed by atoms with E-state index in [1.165, 1.54) is 0 Å². The number of carbonyl (C=O) groups is 1. The molecule has 3 atom stereocenters. The predicted octanol–water partition coefficient (Wildman–Crippen LogP) is 0.118. The van der Waals surface area contributed by atoms with Crippen LogP contribution >= 0.6 is 0 Å². The standard InChI is InChI=1S/C11H23BN2O2/c12-6-2-1-5-11(14,10(15)16)8-3-4-9(13)7-8/h8-9H,1-7,12-14H2,(H,15,16)/t8?,9-,11+/m0/s1. The van der Waals surface area contributed by atoms with Crippen molar-refractivity contribution in [1.82, 2.24) is 0 Å². The van der Waals surface area contributed by atoms with Crippen LogP contribution in [-0.4, -0.2) is 30.5 Å². The third kappa shape index (κ3) is 2.98. The Morgan fingerprint density at radius 3 is 2.56 bits per heavy atom. The lowest BCUT2D eigenvalue weighted by atomic mass is 9.79. The minimum Gasteiger partial charge on any atom is -0.480 e. The fourth-order valence-electron chi connectivity index (χ4n) is 2.64. The van der Waals surface area contributed by atoms with Crippen LogP contribution in [0, 0.1) is 5.92 Å². The first-order chi connectivity index (χ1) is 7.50. The molecule has 1 aliphatic rings. The van der Waals surface area contributed by atoms with E-state index in [9.17, 15) is 9.90 Å². The first-order valence-corrected chi connectivity index (χ1v) is 6.28. The molecule has 1 rings (SSSR count). The Bertz CT molecular complexity index is 250. The van der Waals surface area contributed by atoms with Gasteiger partial charge in [0.05, 0.1) is 0 Å². The van der Waals surface area contributed by atoms with E-state index in [-0.39, 0.29) is 12.0 Å². The lowest BCUT2D eigenvalue weighted by Crippen LogP contribution is -2.53. The lowest BCUT2D eigenvalue weighted by molar-refractivity contribution is -0.146. The largest absolute Gasteiger partial charge is 0.480 e. The monoisotopic (exact) mass is 226 g/mol. The summed E-state index contributed by atoms with van der Waals surface area (Å²) in [5, 5.41) is 9.31. The Kier molecular flexibility index (Phi) is 4.80. The Labute approximate surface area is 98.2 Å². The van der Waals surface area contributed by atoms with Crippen LogP contribution in [0.2, 0.25) is 6.32 Å². The molecule has 0 bridgehead atoms. The molecular formula is C11H23BN2O2. The van der Waals surface area contributed by atoms with Gasteiger partial charge in [0.1, 0.15) is 13.4 Å². The molecule has 1 saturated carbocycles. The molecule has 1 unspecified atom stereocenters. The molecule has 0 heterocycles. The van der Waals surface area contributed by atoms with Gasteiger partial charge in [-0.25, -0.2) is 0 Å². The summed E-state index contributed by atoms with van der Waals surface area (Å²) >= 11 is 0. The fraction of sp³-hybridized carbons (Fsp3) is 0.909. The van der Waals surface area contributed by atoms with E-state index in [1.807, 2.05) is 0 Å². The van der Waals surface area contributed by atoms with E-state index < -0.39 is 11.5 Å². The van der Waals surface area contributed by atoms with Gasteiger partial charge in [-0.1, -0.05) is 19.2 Å². The highest BCUT2D eigenvalue weighted by Crippen LogP contribution is 2.35. The van der Waals surface area contributed by atoms with E-state index in [0.29, 0.717) is 6.42 Å². The Morgan fingerprint density at radius 1 is 1.44 bits per heavy atom. The molecule has 92 valence electrons. The SMILES string of the molecule is BCCCC[C@](N)(C(=O)O)C1CC[C@H](N)C1. The molecule has 1 fully saturated rings. The van der Waals surface area contributed by atoms with Crippen LogP contribution in [0.3, 0.4) is 0 Å². The van der Waals surface area contributed by atoms with Crippen molar-refractivity contribution in [1.29, 1.82) is 0 Å². The van der Waals surface area contributed by atoms with E-state index in [0.717, 1.165) is 38.4 Å². The van der Waals surface area contributed by atoms with Crippen molar-refractivity contribution in [3.63, 3.8) is 0 Å². The van der Waals surface area contributed by atoms with Gasteiger partial charge in [0.15, 0.2) is 0 Å². The molecule has 0 aromatic carbocycles. The third-order valence-corrected chi connectivity index (χ3v) is 3.79. The van der Waals surface area contributed by atoms with Gasteiger partial charge in [0, 0.05) is 6.04 Å². The minimum atomic E-state index is -1.05. The highest BCUT2D eigenvalue weighted by atomic mass is 16.4. The molecule has 0 aromatic rings. The van der Waals surface area contributed by atoms with Crippen molar-refractivity contribution >= 4 is 13.8 Å². The molecule has 5 N–H and O–H groups in total. The minimum absolute atomic E-state index is 0.0526. The molecule has 0 radical (unpaired) electrons. The zero-order valence-corrected chi connectivity index (χ0v) is 10.1. The Balaban J connectivity index is 2.60. The molecule has 5 heteroatoms. The predicted molar refractivity (Wildman–Crippen MR) is 67.1 cm³/mol. The number of nitrogens with two attached hydrogens (primary N) is 2. The molecule has 0 spiro atoms. The summed E-state index contributed by atoms with van der Waals surface area (Å²) in [5.41, 5.74) is 10.9. The van der Waals surface area contributed by atoms with Crippen molar-refractivity contribution < 1.29 is 9.90 Å². The Morgan fingerprint density at radius 2 is 2.12 bits per heavy atom. The summed E-state index contributed by atoms with van der Waals surface area (Å²) in [5.74, 6) is -0.806. The summed E-state index contributed by atoms with van der Waals surface area (Å²) in [6.07, 6.45) is 6.12. The van der Waals surface area contributed by atoms with Gasteiger partial charge in [-0.05, 0) is 31.6 Å². The summed E-state index contributed by atoms with van der Waals surface area (Å²) in [6.45, 7) is 0. The normalized spacial score (nSPS) is 28.9. The molecule has 16 heavy (non-hydrogen) atoms. The first-order valence-electron chi connectivity index (χ1n) is 6.28. The molecule has 0 saturated heterocycles. The molecule has 0 aromatic heterocycles. The second kappa shape index (κ2) is 5.68. The molecule has 0 aliphatic heterocycles. The van der Waals surface area contributed by atoms with Crippen molar-refractivity contribution in [3.8, 4) is 0 Å². The maximum Gasteiger partial charge on any atom is 0.323 e. The van der Waals surface area contributed by atoms with Crippen LogP contribution in [0.25, 0.3) is 0 Å². The van der Waals surface area contributed by atoms with Crippen molar-refractivity contribution in [3.05, 3.63) is 0 Å². The molecule has 0 amide bonds. The van der Waals surface area contributed by atoms with Crippen molar-refractivity contribution in [2.24, 2.45) is 17.4 Å². The van der Waals surface area contributed by atoms with E-state index in [4.69, 9.17) is 11.5 Å². The van der Waals surface area contributed by atoms with Crippen molar-refractivity contribution in [2.45, 2.75) is 56.4 Å². The van der Waals surface area contributed by atoms with Gasteiger partial charge in [0.2, 0.25) is 0 Å². The smallest absolute Gasteiger partial charge is 0.323 e. The average Bonchev–Trinajstić information content (AvgIpc) is 2.65. The second-order valence-electron chi connectivity index (χ2n) is 5.07. The summed E-state index contributed by atoms with van der Waals surface area (Å²) in [7, 11) is 2.10. The fourth-order valence-corrected chi connectivity index (χ4v) is 2.64. The average molecular weight is 226 g/mol. The van der Waals surface area contributed by atoms with E-state index in [2.05, 4.69) is 7.85 Å². The van der Waals surface area contributed by atoms with Crippen LogP contribution < -0.4 is 11.5 Å². The molecule has 1 aliphatic carbocycles. The number of hydrogen-bond donors (Lipinski definition) is 3. The van der Waals surface area contributed by atoms with Crippen LogP contribution in [0.4, 0.5) is 0 Å². The Hall–Kier alpha value is -0.545. The highest BCUT2D eigenvalue weighted by Gasteiger charge is 2.44. The summed E-state index contributed by atoms with van der Waals surface area (Å²) in [6, 6.07) is 0.137. The maximum atomic E-state index is 11.3. The number of unbranched alkanes of at least 4 members (excludes halogenated alkanes) is 1. The lowest BCUT2D eigenvalue weighted by Gasteiger charge is -2.31. The zero-order chi connectivity index (χ0) is 12.2. The highest BCUT2D eigenvalue weighted by molar-refractivity contribution is 6.08. The molecule has 4 nitrogen and oxygen atoms in total. The molecular weight excluding hydrogens is 203 g/mol. The van der Waals surface area contributed by atoms with Gasteiger partial charge in [-0.15, -0.1) is 0 Å². The van der Waals surface area contributed by atoms with Crippen LogP contribution in [0.15, 0.2) is 0 Å². The zero-order valence-electron chi connectivity index (χ0n) is 10.1. The van der Waals surface area contributed by atoms with Gasteiger partial charge in [-0.3, -0.25) is 4.79 Å². The number of carboxylic acids is 1. The van der Waals surface area contributed by atoms with Crippen molar-refractivity contribution in [2.75, 3.05) is 0 Å². The van der Waals surface area contributed by atoms with Gasteiger partial charge in [0.25, 0.3) is 0 Å². The number of hydrogen-bond acceptors (Lipinski definition) is 3. The van der Waals surface area contributed by atoms with Gasteiger partial charge >= 0.3 is 5.97 Å². The van der Waals surface area contributed by atoms with Gasteiger partial charge < -0.3 is 16.6 Å². The topological polar surface area (TPSA) is 89.3 Å². The number of rotatable bonds is 6. The van der Waals surface area contributed by atoms with E-state index >= 15 is 0 Å². The second-order valence-corrected chi connectivity index (χ2v) is 5.07. The van der Waals surface area contributed by atoms with E-state index in [1.54, 1.807) is 0 Å². The third-order valence-electron chi connectivity index (χ3n) is 3.79. The van der Waals surface area contributed by atoms with Crippen LogP contribution in [0.1, 0.15) is 38.5 Å². The first kappa shape index (κ1) is 13.5. The van der Waals surface area contributed by atoms with Crippen LogP contribution in [-0.2, 0) is 4.79 Å². The van der Waals surface area contributed by atoms with Gasteiger partial charge in [-0.2, -0.15) is 0 Å². The quantitative estimate of drug-likeness (QED) is 0.443. The maximum absolute atomic E-state index is 11.3. The van der Waals surface area contributed by atoms with Crippen LogP contribution in [0.5, 0.6) is 0 Å². The number of aliphatic carboxylic acids is 1. The summed E-state index contributed by atoms with van der Waals surface area (Å²) in [4.78, 5) is 11.3.